The third kappa shape index (κ3) is 5.57. The van der Waals surface area contributed by atoms with E-state index in [1.165, 1.54) is 6.34 Å². The summed E-state index contributed by atoms with van der Waals surface area (Å²) < 4.78 is 16.1. The van der Waals surface area contributed by atoms with Crippen molar-refractivity contribution in [3.8, 4) is 6.07 Å². The van der Waals surface area contributed by atoms with E-state index in [1.807, 2.05) is 32.9 Å². The average Bonchev–Trinajstić information content (AvgIpc) is 3.30. The van der Waals surface area contributed by atoms with Gasteiger partial charge in [-0.3, -0.25) is 4.99 Å². The van der Waals surface area contributed by atoms with Crippen LogP contribution in [0.15, 0.2) is 22.1 Å². The lowest BCUT2D eigenvalue weighted by atomic mass is 9.99. The minimum absolute atomic E-state index is 0.166. The van der Waals surface area contributed by atoms with Gasteiger partial charge in [-0.05, 0) is 30.4 Å². The molecule has 3 N–H and O–H groups in total. The molecule has 0 radical (unpaired) electrons. The van der Waals surface area contributed by atoms with E-state index in [0.717, 1.165) is 5.69 Å². The number of carbonyl (C=O) groups is 1. The fourth-order valence-corrected chi connectivity index (χ4v) is 2.74. The molecular formula is C19H27N5O4. The first-order valence-corrected chi connectivity index (χ1v) is 9.01. The number of amidine groups is 1. The molecule has 0 amide bonds. The predicted octanol–water partition coefficient (Wildman–Crippen LogP) is 2.69. The molecule has 0 bridgehead atoms. The minimum atomic E-state index is -1.20. The van der Waals surface area contributed by atoms with Crippen molar-refractivity contribution < 1.29 is 19.0 Å². The Bertz CT molecular complexity index is 787. The number of hydrogen-bond acceptors (Lipinski definition) is 6. The number of H-pyrrole nitrogens is 1. The van der Waals surface area contributed by atoms with Crippen LogP contribution < -0.4 is 5.73 Å². The number of carbonyl (C=O) groups excluding carboxylic acids is 1. The molecule has 1 aliphatic rings. The molecule has 28 heavy (non-hydrogen) atoms. The normalized spacial score (nSPS) is 23.0. The van der Waals surface area contributed by atoms with Gasteiger partial charge in [-0.1, -0.05) is 20.8 Å². The second kappa shape index (κ2) is 8.89. The van der Waals surface area contributed by atoms with Crippen LogP contribution in [0.25, 0.3) is 0 Å². The molecule has 9 heteroatoms. The van der Waals surface area contributed by atoms with Crippen LogP contribution in [-0.4, -0.2) is 49.2 Å². The Morgan fingerprint density at radius 2 is 2.25 bits per heavy atom. The van der Waals surface area contributed by atoms with Crippen molar-refractivity contribution in [1.29, 1.82) is 5.26 Å². The van der Waals surface area contributed by atoms with Crippen LogP contribution in [0.1, 0.15) is 51.1 Å². The predicted molar refractivity (Wildman–Crippen MR) is 104 cm³/mol. The van der Waals surface area contributed by atoms with Gasteiger partial charge in [-0.25, -0.2) is 9.79 Å². The van der Waals surface area contributed by atoms with Crippen molar-refractivity contribution in [2.45, 2.75) is 45.3 Å². The lowest BCUT2D eigenvalue weighted by Gasteiger charge is -2.22. The topological polar surface area (TPSA) is 135 Å². The van der Waals surface area contributed by atoms with E-state index in [2.05, 4.69) is 21.0 Å². The number of nitrogens with zero attached hydrogens (tertiary/aromatic N) is 3. The molecule has 1 aromatic heterocycles. The number of rotatable bonds is 5. The molecule has 1 saturated heterocycles. The molecule has 1 aromatic rings. The second-order valence-corrected chi connectivity index (χ2v) is 7.79. The molecule has 2 rings (SSSR count). The molecule has 1 fully saturated rings. The first kappa shape index (κ1) is 21.4. The van der Waals surface area contributed by atoms with Gasteiger partial charge in [0.15, 0.2) is 11.4 Å². The second-order valence-electron chi connectivity index (χ2n) is 7.79. The Kier molecular flexibility index (Phi) is 6.80. The summed E-state index contributed by atoms with van der Waals surface area (Å²) >= 11 is 0. The summed E-state index contributed by atoms with van der Waals surface area (Å²) in [5.41, 5.74) is 5.44. The van der Waals surface area contributed by atoms with E-state index in [0.29, 0.717) is 24.4 Å². The van der Waals surface area contributed by atoms with E-state index < -0.39 is 11.8 Å². The SMILES string of the molecule is CN=C(N=CN)c1ccc(C2CCC(C#N)(COC(=O)OCC(C)(C)C)O2)[nH]1. The van der Waals surface area contributed by atoms with E-state index >= 15 is 0 Å². The fraction of sp³-hybridized carbons (Fsp3) is 0.579. The van der Waals surface area contributed by atoms with Gasteiger partial charge in [0.2, 0.25) is 0 Å². The number of aromatic amines is 1. The smallest absolute Gasteiger partial charge is 0.434 e. The Morgan fingerprint density at radius 3 is 2.86 bits per heavy atom. The maximum Gasteiger partial charge on any atom is 0.508 e. The van der Waals surface area contributed by atoms with Crippen molar-refractivity contribution >= 4 is 18.3 Å². The first-order chi connectivity index (χ1) is 13.2. The highest BCUT2D eigenvalue weighted by atomic mass is 16.7. The number of nitriles is 1. The highest BCUT2D eigenvalue weighted by molar-refractivity contribution is 6.01. The Morgan fingerprint density at radius 1 is 1.50 bits per heavy atom. The van der Waals surface area contributed by atoms with Gasteiger partial charge < -0.3 is 24.9 Å². The largest absolute Gasteiger partial charge is 0.508 e. The van der Waals surface area contributed by atoms with E-state index in [9.17, 15) is 10.1 Å². The number of aliphatic imine (C=N–C) groups is 2. The molecule has 2 heterocycles. The zero-order valence-electron chi connectivity index (χ0n) is 16.7. The fourth-order valence-electron chi connectivity index (χ4n) is 2.74. The molecule has 1 aliphatic heterocycles. The van der Waals surface area contributed by atoms with E-state index in [4.69, 9.17) is 19.9 Å². The Labute approximate surface area is 164 Å². The van der Waals surface area contributed by atoms with Crippen molar-refractivity contribution in [3.05, 3.63) is 23.5 Å². The van der Waals surface area contributed by atoms with Crippen LogP contribution in [0.4, 0.5) is 4.79 Å². The van der Waals surface area contributed by atoms with Crippen LogP contribution in [0.3, 0.4) is 0 Å². The number of ether oxygens (including phenoxy) is 3. The van der Waals surface area contributed by atoms with Crippen molar-refractivity contribution in [2.75, 3.05) is 20.3 Å². The van der Waals surface area contributed by atoms with Crippen molar-refractivity contribution in [3.63, 3.8) is 0 Å². The van der Waals surface area contributed by atoms with E-state index in [-0.39, 0.29) is 24.7 Å². The molecule has 2 unspecified atom stereocenters. The number of aromatic nitrogens is 1. The number of hydrogen-bond donors (Lipinski definition) is 2. The molecule has 0 saturated carbocycles. The average molecular weight is 389 g/mol. The summed E-state index contributed by atoms with van der Waals surface area (Å²) in [6.07, 6.45) is 1.08. The van der Waals surface area contributed by atoms with Gasteiger partial charge in [-0.15, -0.1) is 0 Å². The van der Waals surface area contributed by atoms with Crippen LogP contribution in [0.5, 0.6) is 0 Å². The zero-order chi connectivity index (χ0) is 20.8. The van der Waals surface area contributed by atoms with Gasteiger partial charge in [0.25, 0.3) is 0 Å². The quantitative estimate of drug-likeness (QED) is 0.451. The monoisotopic (exact) mass is 389 g/mol. The van der Waals surface area contributed by atoms with Gasteiger partial charge in [0.05, 0.1) is 24.7 Å². The van der Waals surface area contributed by atoms with Crippen molar-refractivity contribution in [2.24, 2.45) is 21.1 Å². The molecule has 0 aliphatic carbocycles. The molecule has 0 aromatic carbocycles. The molecular weight excluding hydrogens is 362 g/mol. The molecule has 9 nitrogen and oxygen atoms in total. The summed E-state index contributed by atoms with van der Waals surface area (Å²) in [6, 6.07) is 5.80. The van der Waals surface area contributed by atoms with Crippen LogP contribution in [0, 0.1) is 16.7 Å². The maximum atomic E-state index is 11.8. The third-order valence-corrected chi connectivity index (χ3v) is 4.13. The summed E-state index contributed by atoms with van der Waals surface area (Å²) in [7, 11) is 1.62. The van der Waals surface area contributed by atoms with Gasteiger partial charge >= 0.3 is 6.16 Å². The van der Waals surface area contributed by atoms with Crippen LogP contribution in [0.2, 0.25) is 0 Å². The Hall–Kier alpha value is -2.86. The molecule has 2 atom stereocenters. The maximum absolute atomic E-state index is 11.8. The zero-order valence-corrected chi connectivity index (χ0v) is 16.7. The number of nitrogens with one attached hydrogen (secondary N) is 1. The highest BCUT2D eigenvalue weighted by Crippen LogP contribution is 2.39. The van der Waals surface area contributed by atoms with Crippen LogP contribution >= 0.6 is 0 Å². The molecule has 0 spiro atoms. The highest BCUT2D eigenvalue weighted by Gasteiger charge is 2.43. The summed E-state index contributed by atoms with van der Waals surface area (Å²) in [5.74, 6) is 0.461. The van der Waals surface area contributed by atoms with E-state index in [1.54, 1.807) is 7.05 Å². The lowest BCUT2D eigenvalue weighted by molar-refractivity contribution is -0.0574. The number of nitrogens with two attached hydrogens (primary N) is 1. The Balaban J connectivity index is 1.97. The van der Waals surface area contributed by atoms with Gasteiger partial charge in [0.1, 0.15) is 12.7 Å². The minimum Gasteiger partial charge on any atom is -0.434 e. The summed E-state index contributed by atoms with van der Waals surface area (Å²) in [5, 5.41) is 9.59. The summed E-state index contributed by atoms with van der Waals surface area (Å²) in [6.45, 7) is 5.88. The van der Waals surface area contributed by atoms with Crippen molar-refractivity contribution in [1.82, 2.24) is 4.98 Å². The standard InChI is InChI=1S/C19H27N5O4/c1-18(2,3)10-26-17(25)27-11-19(9-20)8-7-15(28-19)13-5-6-14(24-13)16(22-4)23-12-21/h5-6,12,15,24H,7-8,10-11H2,1-4H3,(H2,21,22,23). The first-order valence-electron chi connectivity index (χ1n) is 9.01. The van der Waals surface area contributed by atoms with Gasteiger partial charge in [0, 0.05) is 12.7 Å². The van der Waals surface area contributed by atoms with Gasteiger partial charge in [-0.2, -0.15) is 5.26 Å². The van der Waals surface area contributed by atoms with Crippen LogP contribution in [-0.2, 0) is 14.2 Å². The third-order valence-electron chi connectivity index (χ3n) is 4.13. The molecule has 152 valence electrons. The lowest BCUT2D eigenvalue weighted by Crippen LogP contribution is -2.34. The summed E-state index contributed by atoms with van der Waals surface area (Å²) in [4.78, 5) is 23.0.